The van der Waals surface area contributed by atoms with Crippen molar-refractivity contribution in [1.29, 1.82) is 0 Å². The van der Waals surface area contributed by atoms with Crippen molar-refractivity contribution in [3.8, 4) is 22.8 Å². The number of alkyl halides is 3. The molecule has 0 aliphatic carbocycles. The van der Waals surface area contributed by atoms with Gasteiger partial charge in [-0.2, -0.15) is 0 Å². The van der Waals surface area contributed by atoms with E-state index in [4.69, 9.17) is 15.2 Å². The second-order valence-corrected chi connectivity index (χ2v) is 8.53. The summed E-state index contributed by atoms with van der Waals surface area (Å²) in [5.74, 6) is -0.633. The SMILES string of the molecule is CCCCCC(CC)Nc1nnc(-c2ccc(OC(F)(F)F)cc2O)c(CCCOC)c1COC(N)=O. The quantitative estimate of drug-likeness (QED) is 0.251. The monoisotopic (exact) mass is 528 g/mol. The number of hydrogen-bond donors (Lipinski definition) is 3. The van der Waals surface area contributed by atoms with Crippen LogP contribution >= 0.6 is 0 Å². The van der Waals surface area contributed by atoms with E-state index in [0.29, 0.717) is 36.4 Å². The van der Waals surface area contributed by atoms with Gasteiger partial charge in [-0.05, 0) is 43.4 Å². The number of benzene rings is 1. The van der Waals surface area contributed by atoms with Crippen LogP contribution in [0.1, 0.15) is 63.5 Å². The summed E-state index contributed by atoms with van der Waals surface area (Å²) in [6.45, 7) is 4.39. The minimum Gasteiger partial charge on any atom is -0.507 e. The molecule has 4 N–H and O–H groups in total. The molecular formula is C25H35F3N4O5. The number of methoxy groups -OCH3 is 1. The number of carbonyl (C=O) groups excluding carboxylic acids is 1. The fraction of sp³-hybridized carbons (Fsp3) is 0.560. The molecular weight excluding hydrogens is 493 g/mol. The summed E-state index contributed by atoms with van der Waals surface area (Å²) in [4.78, 5) is 11.4. The highest BCUT2D eigenvalue weighted by Crippen LogP contribution is 2.37. The molecule has 1 atom stereocenters. The lowest BCUT2D eigenvalue weighted by molar-refractivity contribution is -0.274. The third kappa shape index (κ3) is 9.60. The summed E-state index contributed by atoms with van der Waals surface area (Å²) >= 11 is 0. The normalized spacial score (nSPS) is 12.3. The molecule has 0 bridgehead atoms. The summed E-state index contributed by atoms with van der Waals surface area (Å²) in [7, 11) is 1.56. The van der Waals surface area contributed by atoms with E-state index in [2.05, 4.69) is 27.2 Å². The van der Waals surface area contributed by atoms with Gasteiger partial charge in [0.05, 0.1) is 0 Å². The molecule has 1 unspecified atom stereocenters. The maximum atomic E-state index is 12.6. The van der Waals surface area contributed by atoms with E-state index < -0.39 is 24.0 Å². The molecule has 0 saturated heterocycles. The number of nitrogens with zero attached hydrogens (tertiary/aromatic N) is 2. The van der Waals surface area contributed by atoms with E-state index >= 15 is 0 Å². The van der Waals surface area contributed by atoms with Gasteiger partial charge in [0, 0.05) is 37.0 Å². The Morgan fingerprint density at radius 2 is 1.92 bits per heavy atom. The number of rotatable bonds is 15. The molecule has 1 amide bonds. The zero-order chi connectivity index (χ0) is 27.4. The maximum Gasteiger partial charge on any atom is 0.573 e. The number of unbranched alkanes of at least 4 members (excludes halogenated alkanes) is 2. The van der Waals surface area contributed by atoms with Gasteiger partial charge in [-0.3, -0.25) is 0 Å². The summed E-state index contributed by atoms with van der Waals surface area (Å²) in [6, 6.07) is 3.30. The first-order valence-corrected chi connectivity index (χ1v) is 12.2. The van der Waals surface area contributed by atoms with Crippen molar-refractivity contribution in [3.05, 3.63) is 29.3 Å². The predicted octanol–water partition coefficient (Wildman–Crippen LogP) is 5.69. The third-order valence-electron chi connectivity index (χ3n) is 5.77. The number of ether oxygens (including phenoxy) is 3. The van der Waals surface area contributed by atoms with Gasteiger partial charge in [-0.1, -0.05) is 33.1 Å². The Morgan fingerprint density at radius 3 is 2.51 bits per heavy atom. The van der Waals surface area contributed by atoms with E-state index in [0.717, 1.165) is 44.2 Å². The molecule has 0 saturated carbocycles. The lowest BCUT2D eigenvalue weighted by Crippen LogP contribution is -2.23. The Labute approximate surface area is 214 Å². The van der Waals surface area contributed by atoms with Crippen LogP contribution in [0.4, 0.5) is 23.8 Å². The molecule has 0 aliphatic rings. The fourth-order valence-corrected chi connectivity index (χ4v) is 3.92. The molecule has 9 nitrogen and oxygen atoms in total. The van der Waals surface area contributed by atoms with E-state index in [-0.39, 0.29) is 23.9 Å². The van der Waals surface area contributed by atoms with Gasteiger partial charge in [0.2, 0.25) is 0 Å². The second kappa shape index (κ2) is 14.5. The zero-order valence-corrected chi connectivity index (χ0v) is 21.4. The van der Waals surface area contributed by atoms with Crippen molar-refractivity contribution < 1.29 is 37.3 Å². The van der Waals surface area contributed by atoms with Gasteiger partial charge < -0.3 is 30.4 Å². The number of halogens is 3. The Kier molecular flexibility index (Phi) is 11.7. The highest BCUT2D eigenvalue weighted by atomic mass is 19.4. The topological polar surface area (TPSA) is 129 Å². The predicted molar refractivity (Wildman–Crippen MR) is 132 cm³/mol. The van der Waals surface area contributed by atoms with E-state index in [1.54, 1.807) is 7.11 Å². The molecule has 2 rings (SSSR count). The van der Waals surface area contributed by atoms with Gasteiger partial charge in [-0.25, -0.2) is 4.79 Å². The molecule has 0 radical (unpaired) electrons. The standard InChI is InChI=1S/C25H35F3N4O5/c1-4-6-7-9-16(5-2)30-23-20(15-36-24(29)34)18(10-8-13-35-3)22(31-32-23)19-12-11-17(14-21(19)33)37-25(26,27)28/h11-12,14,16,33H,4-10,13,15H2,1-3H3,(H2,29,34)(H,30,32). The first-order valence-electron chi connectivity index (χ1n) is 12.2. The van der Waals surface area contributed by atoms with Crippen molar-refractivity contribution in [2.45, 2.75) is 77.8 Å². The van der Waals surface area contributed by atoms with Crippen LogP contribution in [0.3, 0.4) is 0 Å². The van der Waals surface area contributed by atoms with Gasteiger partial charge in [0.25, 0.3) is 0 Å². The zero-order valence-electron chi connectivity index (χ0n) is 21.4. The fourth-order valence-electron chi connectivity index (χ4n) is 3.92. The molecule has 1 aromatic carbocycles. The maximum absolute atomic E-state index is 12.6. The molecule has 0 aliphatic heterocycles. The highest BCUT2D eigenvalue weighted by molar-refractivity contribution is 5.73. The molecule has 0 spiro atoms. The third-order valence-corrected chi connectivity index (χ3v) is 5.77. The largest absolute Gasteiger partial charge is 0.573 e. The number of carbonyl (C=O) groups is 1. The molecule has 0 fully saturated rings. The first-order chi connectivity index (χ1) is 17.6. The number of amides is 1. The summed E-state index contributed by atoms with van der Waals surface area (Å²) in [6.07, 6.45) is 0.0191. The molecule has 37 heavy (non-hydrogen) atoms. The van der Waals surface area contributed by atoms with Gasteiger partial charge in [-0.15, -0.1) is 23.4 Å². The summed E-state index contributed by atoms with van der Waals surface area (Å²) < 4.78 is 52.0. The van der Waals surface area contributed by atoms with Crippen LogP contribution < -0.4 is 15.8 Å². The van der Waals surface area contributed by atoms with Crippen molar-refractivity contribution in [2.75, 3.05) is 19.0 Å². The number of nitrogens with two attached hydrogens (primary N) is 1. The Morgan fingerprint density at radius 1 is 1.16 bits per heavy atom. The van der Waals surface area contributed by atoms with Crippen LogP contribution in [0.2, 0.25) is 0 Å². The molecule has 1 aromatic heterocycles. The van der Waals surface area contributed by atoms with E-state index in [1.165, 1.54) is 6.07 Å². The number of phenols is 1. The Hall–Kier alpha value is -3.28. The second-order valence-electron chi connectivity index (χ2n) is 8.53. The number of phenolic OH excluding ortho intramolecular Hbond substituents is 1. The van der Waals surface area contributed by atoms with Gasteiger partial charge in [0.1, 0.15) is 23.8 Å². The van der Waals surface area contributed by atoms with Crippen LogP contribution in [0, 0.1) is 0 Å². The van der Waals surface area contributed by atoms with Crippen molar-refractivity contribution in [2.24, 2.45) is 5.73 Å². The van der Waals surface area contributed by atoms with Gasteiger partial charge >= 0.3 is 12.5 Å². The molecule has 2 aromatic rings. The summed E-state index contributed by atoms with van der Waals surface area (Å²) in [5.41, 5.74) is 6.73. The lowest BCUT2D eigenvalue weighted by atomic mass is 9.96. The van der Waals surface area contributed by atoms with E-state index in [9.17, 15) is 23.1 Å². The van der Waals surface area contributed by atoms with Crippen LogP contribution in [0.25, 0.3) is 11.3 Å². The smallest absolute Gasteiger partial charge is 0.507 e. The van der Waals surface area contributed by atoms with Crippen LogP contribution in [0.5, 0.6) is 11.5 Å². The average Bonchev–Trinajstić information content (AvgIpc) is 2.82. The Balaban J connectivity index is 2.56. The Bertz CT molecular complexity index is 1020. The number of hydrogen-bond acceptors (Lipinski definition) is 8. The molecule has 1 heterocycles. The number of aromatic nitrogens is 2. The molecule has 206 valence electrons. The highest BCUT2D eigenvalue weighted by Gasteiger charge is 2.31. The minimum atomic E-state index is -4.90. The lowest BCUT2D eigenvalue weighted by Gasteiger charge is -2.22. The number of nitrogens with one attached hydrogen (secondary N) is 1. The average molecular weight is 529 g/mol. The van der Waals surface area contributed by atoms with Crippen molar-refractivity contribution in [1.82, 2.24) is 10.2 Å². The van der Waals surface area contributed by atoms with Crippen molar-refractivity contribution in [3.63, 3.8) is 0 Å². The van der Waals surface area contributed by atoms with Crippen LogP contribution in [0.15, 0.2) is 18.2 Å². The van der Waals surface area contributed by atoms with Gasteiger partial charge in [0.15, 0.2) is 5.82 Å². The van der Waals surface area contributed by atoms with Crippen LogP contribution in [-0.4, -0.2) is 47.5 Å². The summed E-state index contributed by atoms with van der Waals surface area (Å²) in [5, 5.41) is 22.6. The van der Waals surface area contributed by atoms with E-state index in [1.807, 2.05) is 6.92 Å². The minimum absolute atomic E-state index is 0.0954. The first kappa shape index (κ1) is 29.9. The number of anilines is 1. The number of aromatic hydroxyl groups is 1. The van der Waals surface area contributed by atoms with Crippen molar-refractivity contribution >= 4 is 11.9 Å². The number of primary amides is 1. The molecule has 12 heteroatoms. The van der Waals surface area contributed by atoms with Crippen LogP contribution in [-0.2, 0) is 22.5 Å².